The molecule has 11 nitrogen and oxygen atoms in total. The summed E-state index contributed by atoms with van der Waals surface area (Å²) < 4.78 is 95.2. The molecule has 0 radical (unpaired) electrons. The molecule has 2 aliphatic heterocycles. The van der Waals surface area contributed by atoms with E-state index < -0.39 is 36.4 Å². The van der Waals surface area contributed by atoms with E-state index in [1.54, 1.807) is 0 Å². The highest BCUT2D eigenvalue weighted by atomic mass is 19.4. The van der Waals surface area contributed by atoms with Gasteiger partial charge in [-0.25, -0.2) is 24.4 Å². The number of likely N-dealkylation sites (tertiary alicyclic amines) is 1. The normalized spacial score (nSPS) is 18.5. The second-order valence-corrected chi connectivity index (χ2v) is 9.30. The summed E-state index contributed by atoms with van der Waals surface area (Å²) in [5.74, 6) is -7.38. The first-order valence-corrected chi connectivity index (χ1v) is 12.2. The first kappa shape index (κ1) is 37.8. The maximum Gasteiger partial charge on any atom is 0.490 e. The first-order chi connectivity index (χ1) is 20.2. The number of piperidine rings is 1. The Hall–Kier alpha value is -4.23. The highest BCUT2D eigenvalue weighted by molar-refractivity contribution is 5.73. The summed E-state index contributed by atoms with van der Waals surface area (Å²) in [5, 5.41) is 21.4. The number of nitrogens with zero attached hydrogens (tertiary/aromatic N) is 5. The lowest BCUT2D eigenvalue weighted by Gasteiger charge is -2.40. The van der Waals surface area contributed by atoms with E-state index in [1.807, 2.05) is 36.9 Å². The van der Waals surface area contributed by atoms with Crippen molar-refractivity contribution in [1.82, 2.24) is 19.9 Å². The number of alkyl halides is 9. The van der Waals surface area contributed by atoms with E-state index in [4.69, 9.17) is 29.7 Å². The van der Waals surface area contributed by atoms with Crippen molar-refractivity contribution in [3.8, 4) is 0 Å². The fourth-order valence-corrected chi connectivity index (χ4v) is 4.08. The van der Waals surface area contributed by atoms with Gasteiger partial charge in [0.05, 0.1) is 0 Å². The molecule has 2 aliphatic rings. The standard InChI is InChI=1S/C18H23N5.3C2HF3O2/c1-4-16(12-19-7-1)13-22-11-6-18(14-22)5-2-10-23(15-18)17-20-8-3-9-21-17;3*3-2(4,5)1(6)7/h1,3-4,7-9,12H,2,5-6,10-11,13-15H2;3*(H,6,7). The Bertz CT molecular complexity index is 1140. The van der Waals surface area contributed by atoms with Crippen molar-refractivity contribution in [2.45, 2.75) is 44.3 Å². The molecule has 20 heteroatoms. The fraction of sp³-hybridized carbons (Fsp3) is 0.500. The van der Waals surface area contributed by atoms with Gasteiger partial charge in [-0.15, -0.1) is 0 Å². The maximum atomic E-state index is 10.6. The van der Waals surface area contributed by atoms with Crippen molar-refractivity contribution in [3.63, 3.8) is 0 Å². The van der Waals surface area contributed by atoms with Crippen LogP contribution in [-0.2, 0) is 20.9 Å². The van der Waals surface area contributed by atoms with Gasteiger partial charge in [-0.1, -0.05) is 6.07 Å². The van der Waals surface area contributed by atoms with Crippen LogP contribution < -0.4 is 4.90 Å². The molecule has 246 valence electrons. The predicted molar refractivity (Wildman–Crippen MR) is 131 cm³/mol. The Balaban J connectivity index is 0.000000379. The molecular weight excluding hydrogens is 625 g/mol. The highest BCUT2D eigenvalue weighted by Gasteiger charge is 2.42. The second-order valence-electron chi connectivity index (χ2n) is 9.30. The Morgan fingerprint density at radius 2 is 1.25 bits per heavy atom. The Morgan fingerprint density at radius 3 is 1.68 bits per heavy atom. The lowest BCUT2D eigenvalue weighted by Crippen LogP contribution is -2.45. The number of hydrogen-bond acceptors (Lipinski definition) is 8. The number of anilines is 1. The Kier molecular flexibility index (Phi) is 13.8. The summed E-state index contributed by atoms with van der Waals surface area (Å²) in [6, 6.07) is 6.08. The largest absolute Gasteiger partial charge is 0.490 e. The van der Waals surface area contributed by atoms with Gasteiger partial charge in [-0.05, 0) is 43.5 Å². The van der Waals surface area contributed by atoms with E-state index in [0.717, 1.165) is 25.6 Å². The van der Waals surface area contributed by atoms with E-state index in [-0.39, 0.29) is 0 Å². The van der Waals surface area contributed by atoms with E-state index in [2.05, 4.69) is 30.8 Å². The number of hydrogen-bond donors (Lipinski definition) is 3. The summed E-state index contributed by atoms with van der Waals surface area (Å²) >= 11 is 0. The van der Waals surface area contributed by atoms with Gasteiger partial charge in [0.15, 0.2) is 0 Å². The number of rotatable bonds is 3. The van der Waals surface area contributed by atoms with Crippen LogP contribution in [0.25, 0.3) is 0 Å². The van der Waals surface area contributed by atoms with E-state index in [0.29, 0.717) is 5.41 Å². The fourth-order valence-electron chi connectivity index (χ4n) is 4.08. The summed E-state index contributed by atoms with van der Waals surface area (Å²) in [7, 11) is 0. The molecule has 0 amide bonds. The minimum atomic E-state index is -5.08. The quantitative estimate of drug-likeness (QED) is 0.408. The zero-order valence-electron chi connectivity index (χ0n) is 22.4. The van der Waals surface area contributed by atoms with Crippen molar-refractivity contribution >= 4 is 23.9 Å². The number of carboxylic acid groups (broad SMARTS) is 3. The first-order valence-electron chi connectivity index (χ1n) is 12.2. The van der Waals surface area contributed by atoms with Crippen LogP contribution in [0.5, 0.6) is 0 Å². The summed E-state index contributed by atoms with van der Waals surface area (Å²) in [6.07, 6.45) is -3.92. The van der Waals surface area contributed by atoms with Crippen molar-refractivity contribution in [2.75, 3.05) is 31.1 Å². The molecule has 44 heavy (non-hydrogen) atoms. The molecule has 2 fully saturated rings. The molecule has 0 aliphatic carbocycles. The van der Waals surface area contributed by atoms with Gasteiger partial charge in [-0.3, -0.25) is 9.88 Å². The van der Waals surface area contributed by atoms with Crippen LogP contribution in [0, 0.1) is 5.41 Å². The van der Waals surface area contributed by atoms with Crippen LogP contribution >= 0.6 is 0 Å². The Morgan fingerprint density at radius 1 is 0.750 bits per heavy atom. The molecule has 4 rings (SSSR count). The van der Waals surface area contributed by atoms with Gasteiger partial charge in [0.2, 0.25) is 5.95 Å². The maximum absolute atomic E-state index is 10.6. The lowest BCUT2D eigenvalue weighted by molar-refractivity contribution is -0.193. The van der Waals surface area contributed by atoms with Crippen LogP contribution in [0.4, 0.5) is 45.5 Å². The molecule has 3 N–H and O–H groups in total. The SMILES string of the molecule is O=C(O)C(F)(F)F.O=C(O)C(F)(F)F.O=C(O)C(F)(F)F.c1cnc(N2CCCC3(CCN(Cc4cccnc4)C3)C2)nc1. The van der Waals surface area contributed by atoms with E-state index in [1.165, 1.54) is 37.9 Å². The van der Waals surface area contributed by atoms with Crippen molar-refractivity contribution in [2.24, 2.45) is 5.41 Å². The van der Waals surface area contributed by atoms with Crippen molar-refractivity contribution < 1.29 is 69.2 Å². The third-order valence-electron chi connectivity index (χ3n) is 5.87. The minimum absolute atomic E-state index is 0.402. The highest BCUT2D eigenvalue weighted by Crippen LogP contribution is 2.40. The van der Waals surface area contributed by atoms with Gasteiger partial charge in [0, 0.05) is 56.4 Å². The lowest BCUT2D eigenvalue weighted by atomic mass is 9.79. The molecular formula is C24H26F9N5O6. The molecule has 0 saturated carbocycles. The van der Waals surface area contributed by atoms with Crippen LogP contribution in [0.2, 0.25) is 0 Å². The molecule has 1 unspecified atom stereocenters. The Labute approximate surface area is 243 Å². The van der Waals surface area contributed by atoms with Crippen molar-refractivity contribution in [1.29, 1.82) is 0 Å². The van der Waals surface area contributed by atoms with Crippen molar-refractivity contribution in [3.05, 3.63) is 48.5 Å². The van der Waals surface area contributed by atoms with Gasteiger partial charge >= 0.3 is 36.4 Å². The second kappa shape index (κ2) is 16.0. The third-order valence-corrected chi connectivity index (χ3v) is 5.87. The molecule has 2 aromatic rings. The summed E-state index contributed by atoms with van der Waals surface area (Å²) in [6.45, 7) is 5.52. The van der Waals surface area contributed by atoms with Crippen LogP contribution in [0.15, 0.2) is 43.0 Å². The van der Waals surface area contributed by atoms with Crippen LogP contribution in [-0.4, -0.2) is 97.8 Å². The summed E-state index contributed by atoms with van der Waals surface area (Å²) in [4.78, 5) is 44.7. The minimum Gasteiger partial charge on any atom is -0.475 e. The summed E-state index contributed by atoms with van der Waals surface area (Å²) in [5.41, 5.74) is 1.71. The number of aliphatic carboxylic acids is 3. The predicted octanol–water partition coefficient (Wildman–Crippen LogP) is 4.26. The molecule has 1 atom stereocenters. The molecule has 2 aromatic heterocycles. The topological polar surface area (TPSA) is 157 Å². The monoisotopic (exact) mass is 651 g/mol. The average molecular weight is 651 g/mol. The number of carbonyl (C=O) groups is 3. The van der Waals surface area contributed by atoms with Gasteiger partial charge < -0.3 is 20.2 Å². The van der Waals surface area contributed by atoms with Gasteiger partial charge in [-0.2, -0.15) is 39.5 Å². The smallest absolute Gasteiger partial charge is 0.475 e. The van der Waals surface area contributed by atoms with E-state index in [9.17, 15) is 39.5 Å². The van der Waals surface area contributed by atoms with Gasteiger partial charge in [0.1, 0.15) is 0 Å². The third kappa shape index (κ3) is 13.8. The van der Waals surface area contributed by atoms with Crippen LogP contribution in [0.1, 0.15) is 24.8 Å². The number of pyridine rings is 1. The molecule has 1 spiro atoms. The molecule has 4 heterocycles. The molecule has 2 saturated heterocycles. The molecule has 0 aromatic carbocycles. The zero-order chi connectivity index (χ0) is 33.8. The van der Waals surface area contributed by atoms with Crippen LogP contribution in [0.3, 0.4) is 0 Å². The van der Waals surface area contributed by atoms with E-state index >= 15 is 0 Å². The number of aromatic nitrogens is 3. The average Bonchev–Trinajstić information content (AvgIpc) is 3.30. The zero-order valence-corrected chi connectivity index (χ0v) is 22.4. The number of carboxylic acids is 3. The molecule has 0 bridgehead atoms. The van der Waals surface area contributed by atoms with Gasteiger partial charge in [0.25, 0.3) is 0 Å². The number of halogens is 9.